The number of nitrogens with zero attached hydrogens (tertiary/aromatic N) is 2. The van der Waals surface area contributed by atoms with Gasteiger partial charge in [0.05, 0.1) is 7.11 Å². The molecule has 46 heavy (non-hydrogen) atoms. The van der Waals surface area contributed by atoms with Crippen LogP contribution in [0.5, 0.6) is 11.5 Å². The fourth-order valence-electron chi connectivity index (χ4n) is 6.49. The zero-order valence-corrected chi connectivity index (χ0v) is 30.2. The third kappa shape index (κ3) is 7.85. The molecule has 0 atom stereocenters. The number of aryl methyl sites for hydroxylation is 1. The largest absolute Gasteiger partial charge is 0.507 e. The van der Waals surface area contributed by atoms with Crippen molar-refractivity contribution in [3.63, 3.8) is 0 Å². The molecule has 0 saturated heterocycles. The van der Waals surface area contributed by atoms with E-state index in [2.05, 4.69) is 158 Å². The average Bonchev–Trinajstić information content (AvgIpc) is 3.00. The van der Waals surface area contributed by atoms with E-state index in [0.29, 0.717) is 18.8 Å². The molecule has 0 radical (unpaired) electrons. The van der Waals surface area contributed by atoms with Crippen molar-refractivity contribution in [1.82, 2.24) is 9.80 Å². The summed E-state index contributed by atoms with van der Waals surface area (Å²) in [5, 5.41) is 12.2. The van der Waals surface area contributed by atoms with E-state index < -0.39 is 5.41 Å². The van der Waals surface area contributed by atoms with E-state index in [1.807, 2.05) is 6.07 Å². The van der Waals surface area contributed by atoms with Crippen LogP contribution < -0.4 is 4.74 Å². The number of phenolic OH excluding ortho intramolecular Hbond substituents is 1. The second-order valence-electron chi connectivity index (χ2n) is 15.3. The minimum Gasteiger partial charge on any atom is -0.507 e. The number of benzene rings is 4. The molecule has 0 saturated carbocycles. The first-order valence-corrected chi connectivity index (χ1v) is 16.6. The molecule has 4 heteroatoms. The van der Waals surface area contributed by atoms with Crippen LogP contribution in [0.25, 0.3) is 0 Å². The summed E-state index contributed by atoms with van der Waals surface area (Å²) in [5.41, 5.74) is 8.43. The van der Waals surface area contributed by atoms with Gasteiger partial charge in [-0.1, -0.05) is 133 Å². The van der Waals surface area contributed by atoms with Gasteiger partial charge in [-0.05, 0) is 49.2 Å². The van der Waals surface area contributed by atoms with Gasteiger partial charge in [-0.15, -0.1) is 0 Å². The molecule has 1 N–H and O–H groups in total. The Morgan fingerprint density at radius 2 is 1.17 bits per heavy atom. The van der Waals surface area contributed by atoms with Gasteiger partial charge in [-0.2, -0.15) is 0 Å². The van der Waals surface area contributed by atoms with E-state index in [1.54, 1.807) is 7.11 Å². The Hall–Kier alpha value is -3.60. The number of phenols is 1. The fraction of sp³-hybridized carbons (Fsp3) is 0.429. The molecule has 0 aliphatic rings. The summed E-state index contributed by atoms with van der Waals surface area (Å²) in [6.07, 6.45) is 0. The quantitative estimate of drug-likeness (QED) is 0.171. The maximum Gasteiger partial charge on any atom is 0.127 e. The van der Waals surface area contributed by atoms with Crippen LogP contribution in [0, 0.1) is 6.92 Å². The highest BCUT2D eigenvalue weighted by molar-refractivity contribution is 5.54. The number of hydrogen-bond donors (Lipinski definition) is 1. The molecule has 4 aromatic rings. The fourth-order valence-corrected chi connectivity index (χ4v) is 6.49. The van der Waals surface area contributed by atoms with Gasteiger partial charge in [-0.25, -0.2) is 0 Å². The molecule has 4 rings (SSSR count). The van der Waals surface area contributed by atoms with E-state index >= 15 is 0 Å². The number of aromatic hydroxyl groups is 1. The predicted molar refractivity (Wildman–Crippen MR) is 194 cm³/mol. The standard InChI is InChI=1S/C42H56N2O2/c1-30-24-32(39(46-11)37(25-30)40(2,3)4)29-44(23-22-43(9)10)28-31-26-35(41(5,6)33-18-14-12-15-19-33)27-36(38(31)45)42(7,8)34-20-16-13-17-21-34/h12-21,24-27,45H,22-23,28-29H2,1-11H3. The van der Waals surface area contributed by atoms with Gasteiger partial charge in [0.25, 0.3) is 0 Å². The molecule has 4 nitrogen and oxygen atoms in total. The van der Waals surface area contributed by atoms with Crippen molar-refractivity contribution in [2.75, 3.05) is 34.3 Å². The van der Waals surface area contributed by atoms with Crippen molar-refractivity contribution < 1.29 is 9.84 Å². The lowest BCUT2D eigenvalue weighted by molar-refractivity contribution is 0.220. The lowest BCUT2D eigenvalue weighted by Gasteiger charge is -2.34. The number of likely N-dealkylation sites (N-methyl/N-ethyl adjacent to an activating group) is 1. The molecule has 0 bridgehead atoms. The summed E-state index contributed by atoms with van der Waals surface area (Å²) in [6.45, 7) is 21.0. The molecule has 0 unspecified atom stereocenters. The van der Waals surface area contributed by atoms with E-state index in [9.17, 15) is 5.11 Å². The van der Waals surface area contributed by atoms with Crippen LogP contribution in [0.3, 0.4) is 0 Å². The Morgan fingerprint density at radius 3 is 1.70 bits per heavy atom. The molecule has 4 aromatic carbocycles. The third-order valence-corrected chi connectivity index (χ3v) is 9.55. The van der Waals surface area contributed by atoms with Gasteiger partial charge in [0.1, 0.15) is 11.5 Å². The molecule has 0 aliphatic heterocycles. The minimum atomic E-state index is -0.404. The van der Waals surface area contributed by atoms with Crippen LogP contribution in [0.1, 0.15) is 93.0 Å². The highest BCUT2D eigenvalue weighted by Crippen LogP contribution is 2.43. The molecule has 0 fully saturated rings. The first-order valence-electron chi connectivity index (χ1n) is 16.6. The maximum absolute atomic E-state index is 12.2. The minimum absolute atomic E-state index is 0.0475. The SMILES string of the molecule is COc1c(CN(CCN(C)C)Cc2cc(C(C)(C)c3ccccc3)cc(C(C)(C)c3ccccc3)c2O)cc(C)cc1C(C)(C)C. The predicted octanol–water partition coefficient (Wildman–Crippen LogP) is 9.22. The first-order chi connectivity index (χ1) is 21.5. The van der Waals surface area contributed by atoms with Crippen molar-refractivity contribution >= 4 is 0 Å². The second-order valence-corrected chi connectivity index (χ2v) is 15.3. The Morgan fingerprint density at radius 1 is 0.630 bits per heavy atom. The Balaban J connectivity index is 1.88. The number of rotatable bonds is 12. The second kappa shape index (κ2) is 14.0. The smallest absolute Gasteiger partial charge is 0.127 e. The Labute approximate surface area is 279 Å². The molecule has 0 spiro atoms. The highest BCUT2D eigenvalue weighted by Gasteiger charge is 2.32. The van der Waals surface area contributed by atoms with Crippen molar-refractivity contribution in [3.8, 4) is 11.5 Å². The highest BCUT2D eigenvalue weighted by atomic mass is 16.5. The summed E-state index contributed by atoms with van der Waals surface area (Å²) in [6, 6.07) is 30.2. The van der Waals surface area contributed by atoms with Crippen molar-refractivity contribution in [2.24, 2.45) is 0 Å². The third-order valence-electron chi connectivity index (χ3n) is 9.55. The molecule has 0 aromatic heterocycles. The summed E-state index contributed by atoms with van der Waals surface area (Å²) < 4.78 is 6.10. The molecule has 0 aliphatic carbocycles. The van der Waals surface area contributed by atoms with Gasteiger partial charge in [0.15, 0.2) is 0 Å². The van der Waals surface area contributed by atoms with Crippen LogP contribution in [0.4, 0.5) is 0 Å². The topological polar surface area (TPSA) is 35.9 Å². The van der Waals surface area contributed by atoms with Crippen molar-refractivity contribution in [2.45, 2.75) is 84.7 Å². The Kier molecular flexibility index (Phi) is 10.8. The monoisotopic (exact) mass is 620 g/mol. The maximum atomic E-state index is 12.2. The molecular formula is C42H56N2O2. The van der Waals surface area contributed by atoms with E-state index in [4.69, 9.17) is 4.74 Å². The lowest BCUT2D eigenvalue weighted by Crippen LogP contribution is -2.32. The van der Waals surface area contributed by atoms with Crippen LogP contribution in [-0.2, 0) is 29.3 Å². The van der Waals surface area contributed by atoms with E-state index in [-0.39, 0.29) is 10.8 Å². The number of hydrogen-bond acceptors (Lipinski definition) is 4. The molecule has 0 heterocycles. The van der Waals surface area contributed by atoms with Crippen LogP contribution in [-0.4, -0.2) is 49.2 Å². The molecule has 0 amide bonds. The van der Waals surface area contributed by atoms with Gasteiger partial charge in [-0.3, -0.25) is 4.90 Å². The van der Waals surface area contributed by atoms with Gasteiger partial charge < -0.3 is 14.7 Å². The lowest BCUT2D eigenvalue weighted by atomic mass is 9.72. The van der Waals surface area contributed by atoms with E-state index in [1.165, 1.54) is 33.4 Å². The van der Waals surface area contributed by atoms with Crippen LogP contribution >= 0.6 is 0 Å². The first kappa shape index (κ1) is 35.3. The van der Waals surface area contributed by atoms with Crippen LogP contribution in [0.15, 0.2) is 84.9 Å². The van der Waals surface area contributed by atoms with Gasteiger partial charge in [0.2, 0.25) is 0 Å². The van der Waals surface area contributed by atoms with Crippen LogP contribution in [0.2, 0.25) is 0 Å². The number of ether oxygens (including phenoxy) is 1. The van der Waals surface area contributed by atoms with Crippen molar-refractivity contribution in [1.29, 1.82) is 0 Å². The molecular weight excluding hydrogens is 564 g/mol. The normalized spacial score (nSPS) is 12.6. The van der Waals surface area contributed by atoms with E-state index in [0.717, 1.165) is 30.0 Å². The zero-order chi connectivity index (χ0) is 33.9. The van der Waals surface area contributed by atoms with Gasteiger partial charge >= 0.3 is 0 Å². The van der Waals surface area contributed by atoms with Gasteiger partial charge in [0, 0.05) is 59.3 Å². The average molecular weight is 621 g/mol. The Bertz CT molecular complexity index is 1600. The zero-order valence-electron chi connectivity index (χ0n) is 30.2. The summed E-state index contributed by atoms with van der Waals surface area (Å²) >= 11 is 0. The summed E-state index contributed by atoms with van der Waals surface area (Å²) in [5.74, 6) is 1.34. The molecule has 246 valence electrons. The summed E-state index contributed by atoms with van der Waals surface area (Å²) in [7, 11) is 6.01. The van der Waals surface area contributed by atoms with Crippen molar-refractivity contribution in [3.05, 3.63) is 129 Å². The summed E-state index contributed by atoms with van der Waals surface area (Å²) in [4.78, 5) is 4.68. The number of methoxy groups -OCH3 is 1.